The molecule has 3 saturated carbocycles. The number of hydrogen-bond donors (Lipinski definition) is 3. The minimum Gasteiger partial charge on any atom is -0.482 e. The Morgan fingerprint density at radius 2 is 1.93 bits per heavy atom. The number of ether oxygens (including phenoxy) is 3. The number of carbonyl (C=O) groups excluding carboxylic acids is 3. The molecule has 1 unspecified atom stereocenters. The highest BCUT2D eigenvalue weighted by atomic mass is 16.6. The van der Waals surface area contributed by atoms with Gasteiger partial charge in [0.05, 0.1) is 12.2 Å². The highest BCUT2D eigenvalue weighted by Gasteiger charge is 2.68. The van der Waals surface area contributed by atoms with Gasteiger partial charge in [-0.1, -0.05) is 39.8 Å². The molecular weight excluding hydrogens is 589 g/mol. The zero-order valence-corrected chi connectivity index (χ0v) is 28.3. The molecule has 11 heteroatoms. The lowest BCUT2D eigenvalue weighted by atomic mass is 9.44. The number of fused-ring (bicyclic) bond motifs is 1. The third kappa shape index (κ3) is 5.99. The van der Waals surface area contributed by atoms with Gasteiger partial charge in [0, 0.05) is 29.7 Å². The van der Waals surface area contributed by atoms with Crippen molar-refractivity contribution in [2.75, 3.05) is 13.2 Å². The van der Waals surface area contributed by atoms with Crippen molar-refractivity contribution in [3.8, 4) is 5.75 Å². The average molecular weight is 640 g/mol. The molecule has 0 spiro atoms. The van der Waals surface area contributed by atoms with E-state index in [9.17, 15) is 24.5 Å². The topological polar surface area (TPSA) is 141 Å². The van der Waals surface area contributed by atoms with E-state index < -0.39 is 53.9 Å². The molecule has 2 bridgehead atoms. The zero-order valence-electron chi connectivity index (χ0n) is 28.3. The van der Waals surface area contributed by atoms with E-state index in [0.717, 1.165) is 19.3 Å². The van der Waals surface area contributed by atoms with E-state index in [-0.39, 0.29) is 42.1 Å². The molecule has 0 aromatic heterocycles. The van der Waals surface area contributed by atoms with E-state index in [1.807, 2.05) is 6.92 Å². The first-order valence-electron chi connectivity index (χ1n) is 16.6. The van der Waals surface area contributed by atoms with E-state index >= 15 is 0 Å². The van der Waals surface area contributed by atoms with Gasteiger partial charge in [-0.2, -0.15) is 0 Å². The molecule has 3 fully saturated rings. The molecule has 0 saturated heterocycles. The predicted molar refractivity (Wildman–Crippen MR) is 172 cm³/mol. The molecule has 1 aromatic rings. The average Bonchev–Trinajstić information content (AvgIpc) is 3.51. The Morgan fingerprint density at radius 1 is 1.22 bits per heavy atom. The van der Waals surface area contributed by atoms with Crippen molar-refractivity contribution in [3.63, 3.8) is 0 Å². The minimum atomic E-state index is -1.23. The Morgan fingerprint density at radius 3 is 2.61 bits per heavy atom. The number of hydrogen-bond acceptors (Lipinski definition) is 9. The highest BCUT2D eigenvalue weighted by molar-refractivity contribution is 6.61. The first kappa shape index (κ1) is 34.4. The molecule has 5 rings (SSSR count). The predicted octanol–water partition coefficient (Wildman–Crippen LogP) is 4.26. The monoisotopic (exact) mass is 639 g/mol. The van der Waals surface area contributed by atoms with Gasteiger partial charge in [-0.15, -0.1) is 6.58 Å². The van der Waals surface area contributed by atoms with E-state index in [4.69, 9.17) is 18.9 Å². The summed E-state index contributed by atoms with van der Waals surface area (Å²) in [6.45, 7) is 17.4. The standard InChI is InChI=1S/C35H50BNO9/c1-9-33(7)17-27(34(8)20(2)12-14-35(21(3)30(33)40)15-13-25(38)29(34)35)44-28(39)19-43-22-10-11-23-24(16-22)36(42)46-26(23)18-37-31(41)45-32(4,5)6/h9-11,16,20-21,26-27,29-30,40,42H,1,12-15,17-19H2,2-8H3,(H,37,41)/t20-,21+,26?,27-,29+,30+,33-,34+,35+/m1/s1. The van der Waals surface area contributed by atoms with Crippen molar-refractivity contribution in [2.45, 2.75) is 104 Å². The molecule has 46 heavy (non-hydrogen) atoms. The van der Waals surface area contributed by atoms with Gasteiger partial charge in [-0.05, 0) is 86.9 Å². The fraction of sp³-hybridized carbons (Fsp3) is 0.686. The Balaban J connectivity index is 1.30. The van der Waals surface area contributed by atoms with Crippen LogP contribution in [0, 0.1) is 34.0 Å². The molecule has 1 aromatic carbocycles. The van der Waals surface area contributed by atoms with Crippen LogP contribution in [0.15, 0.2) is 30.9 Å². The van der Waals surface area contributed by atoms with Crippen molar-refractivity contribution in [3.05, 3.63) is 36.4 Å². The Bertz CT molecular complexity index is 1380. The maximum absolute atomic E-state index is 13.6. The lowest BCUT2D eigenvalue weighted by Gasteiger charge is -2.61. The number of alkyl carbamates (subject to hydrolysis) is 1. The van der Waals surface area contributed by atoms with Crippen LogP contribution < -0.4 is 15.5 Å². The van der Waals surface area contributed by atoms with Gasteiger partial charge in [0.15, 0.2) is 6.61 Å². The van der Waals surface area contributed by atoms with Gasteiger partial charge < -0.3 is 34.3 Å². The van der Waals surface area contributed by atoms with Crippen LogP contribution in [0.25, 0.3) is 0 Å². The number of rotatable bonds is 7. The van der Waals surface area contributed by atoms with Crippen LogP contribution in [0.2, 0.25) is 0 Å². The fourth-order valence-corrected chi connectivity index (χ4v) is 8.94. The number of benzene rings is 1. The van der Waals surface area contributed by atoms with Crippen LogP contribution >= 0.6 is 0 Å². The number of nitrogens with one attached hydrogen (secondary N) is 1. The maximum atomic E-state index is 13.6. The molecule has 1 aliphatic heterocycles. The first-order valence-corrected chi connectivity index (χ1v) is 16.6. The second-order valence-corrected chi connectivity index (χ2v) is 15.5. The molecule has 3 N–H and O–H groups in total. The smallest absolute Gasteiger partial charge is 0.482 e. The second kappa shape index (κ2) is 12.3. The SMILES string of the molecule is C=C[C@]1(C)C[C@@H](OC(=O)COc2ccc3c(c2)B(O)OC3CNC(=O)OC(C)(C)C)[C@]2(C)[C@H](C)CC[C@]3(CCC(=O)[C@H]32)[C@@H](C)[C@@H]1O. The van der Waals surface area contributed by atoms with Crippen LogP contribution in [0.5, 0.6) is 5.75 Å². The van der Waals surface area contributed by atoms with E-state index in [1.54, 1.807) is 45.0 Å². The van der Waals surface area contributed by atoms with Crippen molar-refractivity contribution < 1.29 is 43.4 Å². The van der Waals surface area contributed by atoms with Crippen molar-refractivity contribution in [1.82, 2.24) is 5.32 Å². The quantitative estimate of drug-likeness (QED) is 0.227. The largest absolute Gasteiger partial charge is 0.492 e. The van der Waals surface area contributed by atoms with Gasteiger partial charge in [0.25, 0.3) is 0 Å². The van der Waals surface area contributed by atoms with Crippen LogP contribution in [-0.2, 0) is 23.7 Å². The minimum absolute atomic E-state index is 0.103. The summed E-state index contributed by atoms with van der Waals surface area (Å²) in [7, 11) is -1.23. The van der Waals surface area contributed by atoms with E-state index in [2.05, 4.69) is 32.7 Å². The molecule has 10 nitrogen and oxygen atoms in total. The molecule has 3 aliphatic carbocycles. The van der Waals surface area contributed by atoms with Crippen molar-refractivity contribution in [1.29, 1.82) is 0 Å². The number of esters is 1. The summed E-state index contributed by atoms with van der Waals surface area (Å²) in [4.78, 5) is 39.2. The first-order chi connectivity index (χ1) is 21.4. The highest BCUT2D eigenvalue weighted by Crippen LogP contribution is 2.68. The lowest BCUT2D eigenvalue weighted by Crippen LogP contribution is -2.63. The van der Waals surface area contributed by atoms with Crippen LogP contribution in [0.3, 0.4) is 0 Å². The number of aliphatic hydroxyl groups excluding tert-OH is 1. The van der Waals surface area contributed by atoms with E-state index in [1.165, 1.54) is 0 Å². The molecule has 0 radical (unpaired) electrons. The summed E-state index contributed by atoms with van der Waals surface area (Å²) < 4.78 is 23.0. The summed E-state index contributed by atoms with van der Waals surface area (Å²) in [6.07, 6.45) is 2.54. The van der Waals surface area contributed by atoms with Gasteiger partial charge >= 0.3 is 19.2 Å². The number of Topliss-reactive ketones (excluding diaryl/α,β-unsaturated/α-hetero) is 1. The summed E-state index contributed by atoms with van der Waals surface area (Å²) in [5, 5.41) is 24.9. The zero-order chi connectivity index (χ0) is 33.8. The molecule has 1 heterocycles. The summed E-state index contributed by atoms with van der Waals surface area (Å²) in [5.74, 6) is -0.321. The molecular formula is C35H50BNO9. The third-order valence-corrected chi connectivity index (χ3v) is 11.7. The van der Waals surface area contributed by atoms with Crippen molar-refractivity contribution in [2.24, 2.45) is 34.0 Å². The van der Waals surface area contributed by atoms with Gasteiger partial charge in [-0.25, -0.2) is 9.59 Å². The third-order valence-electron chi connectivity index (χ3n) is 11.7. The Hall–Kier alpha value is -2.89. The van der Waals surface area contributed by atoms with Crippen molar-refractivity contribution >= 4 is 30.4 Å². The number of carbonyl (C=O) groups is 3. The van der Waals surface area contributed by atoms with Crippen LogP contribution in [0.4, 0.5) is 4.79 Å². The normalized spacial score (nSPS) is 37.0. The maximum Gasteiger partial charge on any atom is 0.492 e. The number of amides is 1. The summed E-state index contributed by atoms with van der Waals surface area (Å²) >= 11 is 0. The Kier molecular flexibility index (Phi) is 9.20. The molecule has 252 valence electrons. The Labute approximate surface area is 272 Å². The molecule has 9 atom stereocenters. The second-order valence-electron chi connectivity index (χ2n) is 15.5. The van der Waals surface area contributed by atoms with Crippen LogP contribution in [0.1, 0.15) is 92.2 Å². The van der Waals surface area contributed by atoms with Crippen LogP contribution in [-0.4, -0.2) is 66.1 Å². The molecule has 1 amide bonds. The summed E-state index contributed by atoms with van der Waals surface area (Å²) in [5.41, 5.74) is -1.16. The lowest BCUT2D eigenvalue weighted by molar-refractivity contribution is -0.207. The van der Waals surface area contributed by atoms with Gasteiger partial charge in [0.1, 0.15) is 23.2 Å². The summed E-state index contributed by atoms with van der Waals surface area (Å²) in [6, 6.07) is 5.02. The number of aliphatic hydroxyl groups is 1. The fourth-order valence-electron chi connectivity index (χ4n) is 8.94. The van der Waals surface area contributed by atoms with Gasteiger partial charge in [0.2, 0.25) is 0 Å². The number of ketones is 1. The van der Waals surface area contributed by atoms with E-state index in [0.29, 0.717) is 29.6 Å². The molecule has 4 aliphatic rings. The van der Waals surface area contributed by atoms with Gasteiger partial charge in [-0.3, -0.25) is 4.79 Å².